The van der Waals surface area contributed by atoms with Crippen LogP contribution in [0.25, 0.3) is 0 Å². The number of methoxy groups -OCH3 is 2. The van der Waals surface area contributed by atoms with Gasteiger partial charge in [-0.25, -0.2) is 9.59 Å². The van der Waals surface area contributed by atoms with Gasteiger partial charge in [0.25, 0.3) is 0 Å². The molecule has 5 aromatic rings. The number of pyridine rings is 1. The maximum Gasteiger partial charge on any atom is 0.410 e. The van der Waals surface area contributed by atoms with E-state index in [0.717, 1.165) is 56.5 Å². The van der Waals surface area contributed by atoms with Gasteiger partial charge in [0, 0.05) is 65.7 Å². The molecule has 0 aliphatic carbocycles. The number of hydrogen-bond donors (Lipinski definition) is 0. The van der Waals surface area contributed by atoms with E-state index in [-0.39, 0.29) is 26.4 Å². The van der Waals surface area contributed by atoms with Crippen molar-refractivity contribution in [1.29, 1.82) is 0 Å². The first-order chi connectivity index (χ1) is 32.1. The first-order valence-corrected chi connectivity index (χ1v) is 22.0. The van der Waals surface area contributed by atoms with Gasteiger partial charge in [-0.15, -0.1) is 0 Å². The van der Waals surface area contributed by atoms with Crippen LogP contribution in [0.1, 0.15) is 33.6 Å². The molecule has 0 saturated heterocycles. The second kappa shape index (κ2) is 27.8. The van der Waals surface area contributed by atoms with E-state index in [1.807, 2.05) is 153 Å². The number of anilines is 2. The molecule has 354 valence electrons. The summed E-state index contributed by atoms with van der Waals surface area (Å²) in [5.74, 6) is 1.45. The van der Waals surface area contributed by atoms with Crippen LogP contribution in [0, 0.1) is 0 Å². The van der Waals surface area contributed by atoms with Crippen LogP contribution in [0.4, 0.5) is 21.0 Å². The van der Waals surface area contributed by atoms with Crippen LogP contribution < -0.4 is 19.3 Å². The van der Waals surface area contributed by atoms with Gasteiger partial charge in [-0.05, 0) is 82.9 Å². The summed E-state index contributed by atoms with van der Waals surface area (Å²) in [6.07, 6.45) is -0.865. The smallest absolute Gasteiger partial charge is 0.410 e. The predicted molar refractivity (Wildman–Crippen MR) is 254 cm³/mol. The van der Waals surface area contributed by atoms with E-state index >= 15 is 0 Å². The van der Waals surface area contributed by atoms with Crippen molar-refractivity contribution in [3.63, 3.8) is 0 Å². The van der Waals surface area contributed by atoms with Crippen LogP contribution >= 0.6 is 0 Å². The van der Waals surface area contributed by atoms with E-state index in [1.54, 1.807) is 24.0 Å². The van der Waals surface area contributed by atoms with Crippen LogP contribution in [0.2, 0.25) is 0 Å². The number of rotatable bonds is 28. The van der Waals surface area contributed by atoms with Crippen LogP contribution in [0.15, 0.2) is 115 Å². The van der Waals surface area contributed by atoms with Gasteiger partial charge in [-0.2, -0.15) is 0 Å². The summed E-state index contributed by atoms with van der Waals surface area (Å²) in [4.78, 5) is 38.5. The topological polar surface area (TPSA) is 134 Å². The molecular weight excluding hydrogens is 843 g/mol. The standard InChI is InChI=1S/C51H65N5O10/c1-53(2)46-20-16-40(17-21-46)34-55(36-42-10-7-14-48(32-42)59-5)50(57)65-30-28-61-24-26-63-38-44-12-9-13-45(52-44)39-64-27-25-62-29-31-66-51(58)56(37-43-11-8-15-49(33-43)60-6)35-41-18-22-47(23-19-41)54(3)4/h7-23,32-33H,24-31,34-39H2,1-6H3. The number of hydrogen-bond acceptors (Lipinski definition) is 13. The second-order valence-electron chi connectivity index (χ2n) is 15.7. The molecule has 15 nitrogen and oxygen atoms in total. The number of ether oxygens (including phenoxy) is 8. The molecule has 1 aromatic heterocycles. The first-order valence-electron chi connectivity index (χ1n) is 22.0. The zero-order valence-electron chi connectivity index (χ0n) is 39.2. The van der Waals surface area contributed by atoms with Crippen molar-refractivity contribution in [2.75, 3.05) is 105 Å². The van der Waals surface area contributed by atoms with Crippen LogP contribution in [0.5, 0.6) is 11.5 Å². The molecule has 0 bridgehead atoms. The molecule has 0 saturated carbocycles. The second-order valence-corrected chi connectivity index (χ2v) is 15.7. The van der Waals surface area contributed by atoms with Gasteiger partial charge in [0.2, 0.25) is 0 Å². The van der Waals surface area contributed by atoms with Gasteiger partial charge in [0.15, 0.2) is 0 Å². The highest BCUT2D eigenvalue weighted by molar-refractivity contribution is 5.68. The fourth-order valence-electron chi connectivity index (χ4n) is 6.63. The lowest BCUT2D eigenvalue weighted by molar-refractivity contribution is 0.0147. The van der Waals surface area contributed by atoms with Crippen molar-refractivity contribution in [1.82, 2.24) is 14.8 Å². The number of carbonyl (C=O) groups is 2. The normalized spacial score (nSPS) is 10.9. The molecule has 15 heteroatoms. The van der Waals surface area contributed by atoms with Gasteiger partial charge >= 0.3 is 12.2 Å². The van der Waals surface area contributed by atoms with E-state index in [1.165, 1.54) is 0 Å². The lowest BCUT2D eigenvalue weighted by Crippen LogP contribution is -2.31. The molecule has 0 aliphatic heterocycles. The largest absolute Gasteiger partial charge is 0.497 e. The Labute approximate surface area is 389 Å². The molecule has 0 atom stereocenters. The van der Waals surface area contributed by atoms with E-state index in [4.69, 9.17) is 37.9 Å². The monoisotopic (exact) mass is 907 g/mol. The summed E-state index contributed by atoms with van der Waals surface area (Å²) in [6.45, 7) is 4.14. The number of amides is 2. The Morgan fingerprint density at radius 3 is 1.20 bits per heavy atom. The average molecular weight is 908 g/mol. The first kappa shape index (κ1) is 50.6. The molecule has 1 heterocycles. The summed E-state index contributed by atoms with van der Waals surface area (Å²) < 4.78 is 44.9. The van der Waals surface area contributed by atoms with Gasteiger partial charge in [0.1, 0.15) is 24.7 Å². The van der Waals surface area contributed by atoms with Crippen molar-refractivity contribution in [3.8, 4) is 11.5 Å². The zero-order valence-corrected chi connectivity index (χ0v) is 39.2. The van der Waals surface area contributed by atoms with Gasteiger partial charge in [0.05, 0.1) is 78.5 Å². The summed E-state index contributed by atoms with van der Waals surface area (Å²) in [7, 11) is 11.2. The molecule has 0 spiro atoms. The summed E-state index contributed by atoms with van der Waals surface area (Å²) in [6, 6.07) is 37.1. The Bertz CT molecular complexity index is 2040. The third-order valence-electron chi connectivity index (χ3n) is 10.2. The molecule has 66 heavy (non-hydrogen) atoms. The highest BCUT2D eigenvalue weighted by Crippen LogP contribution is 2.21. The third-order valence-corrected chi connectivity index (χ3v) is 10.2. The molecular formula is C51H65N5O10. The molecule has 0 unspecified atom stereocenters. The van der Waals surface area contributed by atoms with E-state index in [9.17, 15) is 9.59 Å². The summed E-state index contributed by atoms with van der Waals surface area (Å²) in [5, 5.41) is 0. The molecule has 0 radical (unpaired) electrons. The third kappa shape index (κ3) is 17.9. The number of benzene rings is 4. The highest BCUT2D eigenvalue weighted by Gasteiger charge is 2.19. The minimum Gasteiger partial charge on any atom is -0.497 e. The maximum atomic E-state index is 13.2. The van der Waals surface area contributed by atoms with Crippen molar-refractivity contribution in [2.24, 2.45) is 0 Å². The van der Waals surface area contributed by atoms with Crippen molar-refractivity contribution in [2.45, 2.75) is 39.4 Å². The Hall–Kier alpha value is -6.39. The maximum absolute atomic E-state index is 13.2. The Morgan fingerprint density at radius 2 is 0.803 bits per heavy atom. The Kier molecular flexibility index (Phi) is 21.3. The quantitative estimate of drug-likeness (QED) is 0.0450. The van der Waals surface area contributed by atoms with Gasteiger partial charge in [-0.3, -0.25) is 14.8 Å². The summed E-state index contributed by atoms with van der Waals surface area (Å²) in [5.41, 5.74) is 7.53. The minimum atomic E-state index is -0.433. The molecule has 0 N–H and O–H groups in total. The Balaban J connectivity index is 0.939. The molecule has 0 aliphatic rings. The minimum absolute atomic E-state index is 0.104. The van der Waals surface area contributed by atoms with E-state index in [0.29, 0.717) is 65.8 Å². The Morgan fingerprint density at radius 1 is 0.439 bits per heavy atom. The molecule has 2 amide bonds. The average Bonchev–Trinajstić information content (AvgIpc) is 3.33. The summed E-state index contributed by atoms with van der Waals surface area (Å²) >= 11 is 0. The lowest BCUT2D eigenvalue weighted by Gasteiger charge is -2.23. The fraction of sp³-hybridized carbons (Fsp3) is 0.392. The molecule has 5 rings (SSSR count). The van der Waals surface area contributed by atoms with E-state index in [2.05, 4.69) is 4.98 Å². The van der Waals surface area contributed by atoms with E-state index < -0.39 is 12.2 Å². The number of nitrogens with zero attached hydrogens (tertiary/aromatic N) is 5. The van der Waals surface area contributed by atoms with Crippen LogP contribution in [-0.2, 0) is 67.8 Å². The van der Waals surface area contributed by atoms with Crippen molar-refractivity contribution in [3.05, 3.63) is 149 Å². The fourth-order valence-corrected chi connectivity index (χ4v) is 6.63. The predicted octanol–water partition coefficient (Wildman–Crippen LogP) is 7.98. The highest BCUT2D eigenvalue weighted by atomic mass is 16.6. The zero-order chi connectivity index (χ0) is 46.9. The number of aromatic nitrogens is 1. The SMILES string of the molecule is COc1cccc(CN(Cc2ccc(N(C)C)cc2)C(=O)OCCOCCOCc2cccc(COCCOCCOC(=O)N(Cc3ccc(N(C)C)cc3)Cc3cccc(OC)c3)n2)c1. The number of carbonyl (C=O) groups excluding carboxylic acids is 2. The van der Waals surface area contributed by atoms with Crippen molar-refractivity contribution >= 4 is 23.6 Å². The van der Waals surface area contributed by atoms with Crippen LogP contribution in [-0.4, -0.2) is 122 Å². The molecule has 0 fully saturated rings. The van der Waals surface area contributed by atoms with Gasteiger partial charge in [-0.1, -0.05) is 54.6 Å². The van der Waals surface area contributed by atoms with Crippen molar-refractivity contribution < 1.29 is 47.5 Å². The van der Waals surface area contributed by atoms with Crippen LogP contribution in [0.3, 0.4) is 0 Å². The molecule has 4 aromatic carbocycles. The lowest BCUT2D eigenvalue weighted by atomic mass is 10.1. The van der Waals surface area contributed by atoms with Gasteiger partial charge < -0.3 is 47.7 Å².